The van der Waals surface area contributed by atoms with Crippen LogP contribution in [0.2, 0.25) is 0 Å². The largest absolute Gasteiger partial charge is 0.481 e. The van der Waals surface area contributed by atoms with Crippen molar-refractivity contribution in [2.45, 2.75) is 46.8 Å². The summed E-state index contributed by atoms with van der Waals surface area (Å²) in [6, 6.07) is 10.0. The van der Waals surface area contributed by atoms with Gasteiger partial charge in [0.1, 0.15) is 16.2 Å². The summed E-state index contributed by atoms with van der Waals surface area (Å²) >= 11 is 8.67. The summed E-state index contributed by atoms with van der Waals surface area (Å²) in [5.74, 6) is 1.22. The molecule has 4 rings (SSSR count). The molecule has 1 N–H and O–H groups in total. The molecule has 10 heteroatoms. The summed E-state index contributed by atoms with van der Waals surface area (Å²) < 4.78 is 9.90. The number of hydrogen-bond acceptors (Lipinski definition) is 9. The lowest BCUT2D eigenvalue weighted by Gasteiger charge is -2.26. The number of thiazole rings is 1. The first-order valence-electron chi connectivity index (χ1n) is 11.5. The highest BCUT2D eigenvalue weighted by atomic mass is 127. The average molecular weight is 625 g/mol. The van der Waals surface area contributed by atoms with E-state index in [-0.39, 0.29) is 9.39 Å². The van der Waals surface area contributed by atoms with Crippen molar-refractivity contribution in [2.24, 2.45) is 0 Å². The minimum absolute atomic E-state index is 0.0543. The Bertz CT molecular complexity index is 1230. The van der Waals surface area contributed by atoms with Crippen molar-refractivity contribution < 1.29 is 14.3 Å². The molecule has 0 saturated carbocycles. The van der Waals surface area contributed by atoms with Gasteiger partial charge in [-0.25, -0.2) is 9.97 Å². The number of carbonyl (C=O) groups is 1. The van der Waals surface area contributed by atoms with Gasteiger partial charge in [0.15, 0.2) is 5.13 Å². The van der Waals surface area contributed by atoms with Gasteiger partial charge in [-0.15, -0.1) is 12.6 Å². The monoisotopic (exact) mass is 624 g/mol. The van der Waals surface area contributed by atoms with E-state index in [1.807, 2.05) is 18.2 Å². The first-order valence-corrected chi connectivity index (χ1v) is 13.8. The van der Waals surface area contributed by atoms with Crippen LogP contribution >= 0.6 is 46.6 Å². The van der Waals surface area contributed by atoms with Crippen LogP contribution in [0.15, 0.2) is 47.6 Å². The number of halogens is 1. The van der Waals surface area contributed by atoms with E-state index in [9.17, 15) is 4.79 Å². The van der Waals surface area contributed by atoms with Crippen LogP contribution in [-0.2, 0) is 13.0 Å². The molecule has 1 aliphatic heterocycles. The summed E-state index contributed by atoms with van der Waals surface area (Å²) in [7, 11) is 3.05. The first-order chi connectivity index (χ1) is 16.8. The maximum atomic E-state index is 11.3. The van der Waals surface area contributed by atoms with Gasteiger partial charge in [-0.2, -0.15) is 0 Å². The number of fused-ring (bicyclic) bond motifs is 2. The lowest BCUT2D eigenvalue weighted by molar-refractivity contribution is -0.140. The molecule has 2 aromatic heterocycles. The molecule has 7 nitrogen and oxygen atoms in total. The van der Waals surface area contributed by atoms with Crippen LogP contribution in [0.5, 0.6) is 5.88 Å². The number of methoxy groups -OCH3 is 2. The second kappa shape index (κ2) is 11.3. The van der Waals surface area contributed by atoms with Crippen molar-refractivity contribution in [3.8, 4) is 5.88 Å². The van der Waals surface area contributed by atoms with Gasteiger partial charge in [0.2, 0.25) is 5.88 Å². The van der Waals surface area contributed by atoms with Gasteiger partial charge in [-0.1, -0.05) is 59.8 Å². The highest BCUT2D eigenvalue weighted by molar-refractivity contribution is 14.1. The van der Waals surface area contributed by atoms with Crippen LogP contribution in [0.4, 0.5) is 10.8 Å². The minimum atomic E-state index is -0.133. The molecule has 1 aromatic carbocycles. The fourth-order valence-electron chi connectivity index (χ4n) is 4.28. The van der Waals surface area contributed by atoms with Crippen LogP contribution in [0, 0.1) is 0 Å². The summed E-state index contributed by atoms with van der Waals surface area (Å²) in [4.78, 5) is 24.4. The molecule has 186 valence electrons. The summed E-state index contributed by atoms with van der Waals surface area (Å²) in [5.41, 5.74) is 3.24. The fraction of sp³-hybridized carbons (Fsp3) is 0.400. The van der Waals surface area contributed by atoms with Gasteiger partial charge in [-0.05, 0) is 42.7 Å². The predicted octanol–water partition coefficient (Wildman–Crippen LogP) is 6.54. The standard InChI is InChI=1S/C25H29IN4O3S2/c1-16(27-24-28-19-10-12-21(32-2)29-23(19)35-24)30-15-25(26,18-14-17(34)9-11-20(18)30)13-7-5-4-6-8-22(31)33-3/h9-12,14,34H,1,4-8,13,15H2,2-3H3,(H,27,28)/t25-/m1/s1. The molecule has 0 amide bonds. The van der Waals surface area contributed by atoms with Gasteiger partial charge in [0, 0.05) is 29.6 Å². The number of aromatic nitrogens is 2. The number of hydrogen-bond donors (Lipinski definition) is 2. The van der Waals surface area contributed by atoms with E-state index in [1.54, 1.807) is 7.11 Å². The van der Waals surface area contributed by atoms with E-state index in [1.165, 1.54) is 24.0 Å². The van der Waals surface area contributed by atoms with Gasteiger partial charge in [-0.3, -0.25) is 4.79 Å². The molecular weight excluding hydrogens is 595 g/mol. The van der Waals surface area contributed by atoms with Crippen molar-refractivity contribution in [2.75, 3.05) is 31.0 Å². The Morgan fingerprint density at radius 2 is 2.03 bits per heavy atom. The van der Waals surface area contributed by atoms with Gasteiger partial charge < -0.3 is 19.7 Å². The maximum absolute atomic E-state index is 11.3. The molecule has 0 saturated heterocycles. The fourth-order valence-corrected chi connectivity index (χ4v) is 6.49. The number of alkyl halides is 1. The Morgan fingerprint density at radius 3 is 2.80 bits per heavy atom. The van der Waals surface area contributed by atoms with E-state index in [0.717, 1.165) is 70.5 Å². The highest BCUT2D eigenvalue weighted by Gasteiger charge is 2.41. The number of esters is 1. The Hall–Kier alpha value is -2.05. The third-order valence-electron chi connectivity index (χ3n) is 6.11. The molecule has 0 radical (unpaired) electrons. The number of nitrogens with zero attached hydrogens (tertiary/aromatic N) is 3. The number of carbonyl (C=O) groups excluding carboxylic acids is 1. The number of pyridine rings is 1. The summed E-state index contributed by atoms with van der Waals surface area (Å²) in [6.07, 6.45) is 5.58. The lowest BCUT2D eigenvalue weighted by atomic mass is 9.94. The Morgan fingerprint density at radius 1 is 1.23 bits per heavy atom. The van der Waals surface area contributed by atoms with Crippen LogP contribution < -0.4 is 15.0 Å². The van der Waals surface area contributed by atoms with Crippen molar-refractivity contribution in [1.82, 2.24) is 9.97 Å². The molecule has 3 aromatic rings. The molecule has 1 aliphatic rings. The van der Waals surface area contributed by atoms with Gasteiger partial charge in [0.05, 0.1) is 17.6 Å². The number of rotatable bonds is 11. The van der Waals surface area contributed by atoms with Crippen LogP contribution in [0.25, 0.3) is 10.3 Å². The van der Waals surface area contributed by atoms with Crippen LogP contribution in [0.3, 0.4) is 0 Å². The minimum Gasteiger partial charge on any atom is -0.481 e. The number of unbranched alkanes of at least 4 members (excludes halogenated alkanes) is 3. The average Bonchev–Trinajstić information content (AvgIpc) is 3.38. The molecule has 35 heavy (non-hydrogen) atoms. The number of anilines is 2. The van der Waals surface area contributed by atoms with Crippen molar-refractivity contribution in [3.05, 3.63) is 48.3 Å². The van der Waals surface area contributed by atoms with Crippen LogP contribution in [-0.4, -0.2) is 36.7 Å². The number of nitrogens with one attached hydrogen (secondary N) is 1. The number of benzene rings is 1. The van der Waals surface area contributed by atoms with E-state index in [4.69, 9.17) is 9.47 Å². The zero-order valence-electron chi connectivity index (χ0n) is 19.8. The first kappa shape index (κ1) is 26.0. The predicted molar refractivity (Wildman–Crippen MR) is 153 cm³/mol. The molecule has 1 atom stereocenters. The molecule has 0 spiro atoms. The van der Waals surface area contributed by atoms with Gasteiger partial charge >= 0.3 is 5.97 Å². The second-order valence-corrected chi connectivity index (χ2v) is 12.1. The third-order valence-corrected chi connectivity index (χ3v) is 8.73. The third kappa shape index (κ3) is 6.03. The number of ether oxygens (including phenoxy) is 2. The SMILES string of the molecule is C=C(Nc1nc2ccc(OC)nc2s1)N1C[C@](I)(CCCCCCC(=O)OC)c2cc(S)ccc21. The van der Waals surface area contributed by atoms with Crippen molar-refractivity contribution >= 4 is 73.7 Å². The molecular formula is C25H29IN4O3S2. The quantitative estimate of drug-likeness (QED) is 0.0826. The van der Waals surface area contributed by atoms with Crippen molar-refractivity contribution in [1.29, 1.82) is 0 Å². The van der Waals surface area contributed by atoms with E-state index < -0.39 is 0 Å². The highest BCUT2D eigenvalue weighted by Crippen LogP contribution is 2.50. The van der Waals surface area contributed by atoms with E-state index >= 15 is 0 Å². The zero-order valence-corrected chi connectivity index (χ0v) is 23.7. The van der Waals surface area contributed by atoms with E-state index in [2.05, 4.69) is 74.1 Å². The van der Waals surface area contributed by atoms with Crippen molar-refractivity contribution in [3.63, 3.8) is 0 Å². The molecule has 0 bridgehead atoms. The topological polar surface area (TPSA) is 76.6 Å². The lowest BCUT2D eigenvalue weighted by Crippen LogP contribution is -2.30. The van der Waals surface area contributed by atoms with Crippen LogP contribution in [0.1, 0.15) is 44.1 Å². The zero-order chi connectivity index (χ0) is 25.0. The second-order valence-electron chi connectivity index (χ2n) is 8.51. The smallest absolute Gasteiger partial charge is 0.305 e. The molecule has 0 unspecified atom stereocenters. The Balaban J connectivity index is 1.44. The summed E-state index contributed by atoms with van der Waals surface area (Å²) in [5, 5.41) is 4.14. The molecule has 3 heterocycles. The molecule has 0 aliphatic carbocycles. The number of thiol groups is 1. The maximum Gasteiger partial charge on any atom is 0.305 e. The Kier molecular flexibility index (Phi) is 8.43. The molecule has 0 fully saturated rings. The van der Waals surface area contributed by atoms with E-state index in [0.29, 0.717) is 12.3 Å². The summed E-state index contributed by atoms with van der Waals surface area (Å²) in [6.45, 7) is 5.15. The Labute approximate surface area is 228 Å². The van der Waals surface area contributed by atoms with Gasteiger partial charge in [0.25, 0.3) is 0 Å². The normalized spacial score (nSPS) is 16.9.